The summed E-state index contributed by atoms with van der Waals surface area (Å²) in [6, 6.07) is 26.0. The first kappa shape index (κ1) is 81.4. The molecule has 39 heteroatoms. The lowest BCUT2D eigenvalue weighted by Gasteiger charge is -2.11. The van der Waals surface area contributed by atoms with Crippen LogP contribution in [0.15, 0.2) is 237 Å². The molecular formula is C84H59Cl6F4N23O6. The van der Waals surface area contributed by atoms with Gasteiger partial charge >= 0.3 is 0 Å². The molecule has 0 bridgehead atoms. The summed E-state index contributed by atoms with van der Waals surface area (Å²) >= 11 is 37.3. The highest BCUT2D eigenvalue weighted by molar-refractivity contribution is 6.45. The second-order valence-corrected chi connectivity index (χ2v) is 30.4. The molecule has 5 N–H and O–H groups in total. The number of benzene rings is 5. The average Bonchev–Trinajstić information content (AvgIpc) is 1.64. The molecule has 0 spiro atoms. The zero-order valence-corrected chi connectivity index (χ0v) is 68.6. The van der Waals surface area contributed by atoms with Crippen LogP contribution in [0.5, 0.6) is 0 Å². The molecule has 21 rings (SSSR count). The normalized spacial score (nSPS) is 12.0. The standard InChI is InChI=1S/C20H18Cl2N4O2.C19H14F2N4O2.C16H10Cl2N4O2.C15H9F2N5.C14H8Cl2N6/c1-25(2)8-9-26-7-6-13-14(10-23-18(13)20(26)27)19-15(11-24-28-19)12-4-3-5-16(21)17(12)22;20-14-3-1-2-11(15(14)21)12-7-24-27-18(12)13-6-22-17-16(13)23-9-25(19(17)26)8-10-4-5-10;1-22-7-20-13-10(5-19-14(13)16(22)23)15-9(6-21-24-15)8-3-2-4-11(17)12(8)18;16-11-2-1-3-12(14(11)17)22-8-19-6-13(22)9-5-20-15-10(9)4-18-7-21-15;15-9-2-1-3-10(11(9)16)22-7-20-21-14(22)8-6-19-13-12(8)17-4-5-18-13/h3-7,10-11,23H,8-9H2,1-2H3;1-3,6-7,9-10,22H,4-5,8H2;2-7,19H,1H3;1-8H,(H,18,20,21);1-7H,(H,18,19). The lowest BCUT2D eigenvalue weighted by Crippen LogP contribution is -2.26. The van der Waals surface area contributed by atoms with Crippen molar-refractivity contribution in [2.24, 2.45) is 13.0 Å². The van der Waals surface area contributed by atoms with Crippen LogP contribution in [0, 0.1) is 29.2 Å². The molecule has 15 aromatic heterocycles. The first-order valence-corrected chi connectivity index (χ1v) is 39.5. The summed E-state index contributed by atoms with van der Waals surface area (Å²) < 4.78 is 79.5. The molecule has 29 nitrogen and oxygen atoms in total. The molecule has 1 aliphatic rings. The molecule has 1 fully saturated rings. The van der Waals surface area contributed by atoms with Gasteiger partial charge in [-0.15, -0.1) is 10.2 Å². The Morgan fingerprint density at radius 3 is 1.70 bits per heavy atom. The Morgan fingerprint density at radius 2 is 1.02 bits per heavy atom. The first-order chi connectivity index (χ1) is 59.7. The molecule has 616 valence electrons. The highest BCUT2D eigenvalue weighted by atomic mass is 35.5. The predicted molar refractivity (Wildman–Crippen MR) is 459 cm³/mol. The first-order valence-electron chi connectivity index (χ1n) is 37.2. The smallest absolute Gasteiger partial charge is 0.277 e. The largest absolute Gasteiger partial charge is 0.356 e. The van der Waals surface area contributed by atoms with Crippen molar-refractivity contribution in [1.82, 2.24) is 113 Å². The number of nitrogens with one attached hydrogen (secondary N) is 5. The number of imidazole rings is 1. The number of fused-ring (bicyclic) bond motifs is 5. The van der Waals surface area contributed by atoms with Gasteiger partial charge in [-0.05, 0) is 81.4 Å². The minimum atomic E-state index is -0.985. The van der Waals surface area contributed by atoms with Crippen molar-refractivity contribution in [3.8, 4) is 101 Å². The van der Waals surface area contributed by atoms with E-state index in [2.05, 4.69) is 85.5 Å². The van der Waals surface area contributed by atoms with Crippen LogP contribution in [0.2, 0.25) is 30.1 Å². The van der Waals surface area contributed by atoms with Gasteiger partial charge in [-0.25, -0.2) is 47.5 Å². The van der Waals surface area contributed by atoms with Gasteiger partial charge in [-0.1, -0.05) is 134 Å². The van der Waals surface area contributed by atoms with E-state index < -0.39 is 23.3 Å². The van der Waals surface area contributed by atoms with Crippen molar-refractivity contribution in [2.45, 2.75) is 25.9 Å². The van der Waals surface area contributed by atoms with Crippen LogP contribution < -0.4 is 16.7 Å². The molecular weight excluding hydrogens is 1720 g/mol. The van der Waals surface area contributed by atoms with E-state index in [4.69, 9.17) is 83.2 Å². The van der Waals surface area contributed by atoms with E-state index in [1.165, 1.54) is 64.9 Å². The zero-order chi connectivity index (χ0) is 85.4. The Labute approximate surface area is 719 Å². The number of aromatic nitrogens is 22. The van der Waals surface area contributed by atoms with Crippen molar-refractivity contribution >= 4 is 125 Å². The van der Waals surface area contributed by atoms with E-state index in [1.54, 1.807) is 126 Å². The van der Waals surface area contributed by atoms with Crippen molar-refractivity contribution < 1.29 is 31.1 Å². The average molecular weight is 1780 g/mol. The Hall–Kier alpha value is -13.9. The minimum absolute atomic E-state index is 0.0303. The fraction of sp³-hybridized carbons (Fsp3) is 0.107. The van der Waals surface area contributed by atoms with Gasteiger partial charge in [0.05, 0.1) is 124 Å². The molecule has 0 atom stereocenters. The number of rotatable bonds is 15. The van der Waals surface area contributed by atoms with Crippen LogP contribution in [0.3, 0.4) is 0 Å². The van der Waals surface area contributed by atoms with Crippen LogP contribution in [0.4, 0.5) is 17.6 Å². The number of hydrogen-bond acceptors (Lipinski definition) is 19. The van der Waals surface area contributed by atoms with Crippen LogP contribution in [0.1, 0.15) is 12.8 Å². The van der Waals surface area contributed by atoms with Crippen LogP contribution in [0.25, 0.3) is 157 Å². The molecule has 123 heavy (non-hydrogen) atoms. The molecule has 0 aliphatic heterocycles. The highest BCUT2D eigenvalue weighted by Gasteiger charge is 2.28. The molecule has 0 radical (unpaired) electrons. The number of nitrogens with zero attached hydrogens (tertiary/aromatic N) is 18. The number of halogens is 10. The summed E-state index contributed by atoms with van der Waals surface area (Å²) in [4.78, 5) is 84.2. The molecule has 0 amide bonds. The van der Waals surface area contributed by atoms with Crippen molar-refractivity contribution in [3.05, 3.63) is 294 Å². The summed E-state index contributed by atoms with van der Waals surface area (Å²) in [5, 5.41) is 23.9. The Kier molecular flexibility index (Phi) is 22.9. The van der Waals surface area contributed by atoms with Crippen molar-refractivity contribution in [2.75, 3.05) is 20.6 Å². The number of H-pyrrole nitrogens is 5. The van der Waals surface area contributed by atoms with Gasteiger partial charge in [0.15, 0.2) is 52.0 Å². The fourth-order valence-corrected chi connectivity index (χ4v) is 14.9. The molecule has 5 aromatic carbocycles. The monoisotopic (exact) mass is 1770 g/mol. The molecule has 20 aromatic rings. The molecule has 15 heterocycles. The highest BCUT2D eigenvalue weighted by Crippen LogP contribution is 2.44. The molecule has 1 aliphatic carbocycles. The lowest BCUT2D eigenvalue weighted by atomic mass is 10.0. The number of pyridine rings is 1. The lowest BCUT2D eigenvalue weighted by molar-refractivity contribution is 0.381. The number of hydrogen-bond donors (Lipinski definition) is 5. The third kappa shape index (κ3) is 16.0. The summed E-state index contributed by atoms with van der Waals surface area (Å²) in [7, 11) is 5.59. The van der Waals surface area contributed by atoms with E-state index in [0.29, 0.717) is 145 Å². The topological polar surface area (TPSA) is 352 Å². The van der Waals surface area contributed by atoms with Crippen molar-refractivity contribution in [1.29, 1.82) is 0 Å². The second-order valence-electron chi connectivity index (χ2n) is 28.0. The maximum absolute atomic E-state index is 14.2. The van der Waals surface area contributed by atoms with E-state index in [9.17, 15) is 31.9 Å². The van der Waals surface area contributed by atoms with Crippen LogP contribution in [-0.4, -0.2) is 134 Å². The Morgan fingerprint density at radius 1 is 0.463 bits per heavy atom. The molecule has 0 unspecified atom stereocenters. The van der Waals surface area contributed by atoms with E-state index in [1.807, 2.05) is 55.4 Å². The molecule has 0 saturated heterocycles. The minimum Gasteiger partial charge on any atom is -0.356 e. The number of likely N-dealkylation sites (N-methyl/N-ethyl adjacent to an activating group) is 1. The quantitative estimate of drug-likeness (QED) is 0.0595. The summed E-state index contributed by atoms with van der Waals surface area (Å²) in [6.45, 7) is 2.04. The summed E-state index contributed by atoms with van der Waals surface area (Å²) in [5.74, 6) is -1.41. The maximum Gasteiger partial charge on any atom is 0.277 e. The summed E-state index contributed by atoms with van der Waals surface area (Å²) in [6.07, 6.45) is 31.0. The van der Waals surface area contributed by atoms with Gasteiger partial charge in [0.2, 0.25) is 0 Å². The Bertz CT molecular complexity index is 7400. The van der Waals surface area contributed by atoms with Gasteiger partial charge in [-0.3, -0.25) is 33.1 Å². The van der Waals surface area contributed by atoms with E-state index in [0.717, 1.165) is 70.1 Å². The van der Waals surface area contributed by atoms with Gasteiger partial charge in [-0.2, -0.15) is 0 Å². The van der Waals surface area contributed by atoms with E-state index in [-0.39, 0.29) is 39.3 Å². The van der Waals surface area contributed by atoms with Gasteiger partial charge in [0.25, 0.3) is 16.7 Å². The van der Waals surface area contributed by atoms with Gasteiger partial charge in [0, 0.05) is 121 Å². The van der Waals surface area contributed by atoms with E-state index >= 15 is 0 Å². The number of aromatic amines is 5. The zero-order valence-electron chi connectivity index (χ0n) is 64.0. The second kappa shape index (κ2) is 34.7. The van der Waals surface area contributed by atoms with Gasteiger partial charge in [0.1, 0.15) is 51.4 Å². The summed E-state index contributed by atoms with van der Waals surface area (Å²) in [5.41, 5.74) is 11.8. The Balaban J connectivity index is 0.000000109. The SMILES string of the molecule is CN(C)CCn1ccc2c(-c3oncc3-c3cccc(Cl)c3Cl)c[nH]c2c1=O.Clc1cccc(-n2cnnc2-c2c[nH]c3nccnc23)c1Cl.Cn1cnc2c(-c3oncc3-c3cccc(Cl)c3Cl)c[nH]c2c1=O.Fc1cccc(-n2cncc2-c2c[nH]c3ncncc23)c1F.O=c1c2[nH]cc(-c3oncc3-c3cccc(F)c3F)c2ncn1CC1CC1. The maximum atomic E-state index is 14.2. The van der Waals surface area contributed by atoms with Crippen LogP contribution >= 0.6 is 69.6 Å². The van der Waals surface area contributed by atoms with Crippen molar-refractivity contribution in [3.63, 3.8) is 0 Å². The van der Waals surface area contributed by atoms with Gasteiger partial charge < -0.3 is 52.5 Å². The number of aryl methyl sites for hydroxylation is 1. The molecule has 1 saturated carbocycles. The fourth-order valence-electron chi connectivity index (χ4n) is 13.8. The van der Waals surface area contributed by atoms with Crippen LogP contribution in [-0.2, 0) is 20.1 Å². The predicted octanol–water partition coefficient (Wildman–Crippen LogP) is 18.7. The third-order valence-corrected chi connectivity index (χ3v) is 22.5. The third-order valence-electron chi connectivity index (χ3n) is 20.1.